The number of amides is 1. The van der Waals surface area contributed by atoms with Gasteiger partial charge in [-0.2, -0.15) is 0 Å². The molecule has 0 radical (unpaired) electrons. The minimum atomic E-state index is -0.510. The summed E-state index contributed by atoms with van der Waals surface area (Å²) in [5.74, 6) is 0.573. The van der Waals surface area contributed by atoms with Gasteiger partial charge < -0.3 is 20.1 Å². The standard InChI is InChI=1S/C23H28FN7O/c1-14(2)31-15(3)26-12-20(31)21-19(24)11-27-23(29-21)28-17-7-5-16(6-8-17)22(32)30-10-9-18(13-30)25-4/h5-8,11-12,14,18,25H,9-10,13H2,1-4H3,(H,27,28,29). The van der Waals surface area contributed by atoms with Crippen LogP contribution in [0, 0.1) is 12.7 Å². The number of halogens is 1. The fourth-order valence-electron chi connectivity index (χ4n) is 4.08. The van der Waals surface area contributed by atoms with Crippen molar-refractivity contribution in [3.05, 3.63) is 53.9 Å². The summed E-state index contributed by atoms with van der Waals surface area (Å²) in [5.41, 5.74) is 2.13. The number of likely N-dealkylation sites (N-methyl/N-ethyl adjacent to an activating group) is 1. The summed E-state index contributed by atoms with van der Waals surface area (Å²) in [6, 6.07) is 7.61. The fraction of sp³-hybridized carbons (Fsp3) is 0.391. The van der Waals surface area contributed by atoms with E-state index in [0.717, 1.165) is 25.0 Å². The van der Waals surface area contributed by atoms with E-state index >= 15 is 0 Å². The average molecular weight is 438 g/mol. The first-order valence-electron chi connectivity index (χ1n) is 10.8. The van der Waals surface area contributed by atoms with Gasteiger partial charge in [-0.1, -0.05) is 0 Å². The van der Waals surface area contributed by atoms with Gasteiger partial charge in [-0.15, -0.1) is 0 Å². The number of nitrogens with one attached hydrogen (secondary N) is 2. The number of likely N-dealkylation sites (tertiary alicyclic amines) is 1. The fourth-order valence-corrected chi connectivity index (χ4v) is 4.08. The van der Waals surface area contributed by atoms with Crippen LogP contribution < -0.4 is 10.6 Å². The van der Waals surface area contributed by atoms with Gasteiger partial charge >= 0.3 is 0 Å². The maximum atomic E-state index is 14.5. The van der Waals surface area contributed by atoms with Crippen molar-refractivity contribution in [2.45, 2.75) is 39.3 Å². The van der Waals surface area contributed by atoms with E-state index in [1.54, 1.807) is 30.5 Å². The van der Waals surface area contributed by atoms with Gasteiger partial charge in [-0.3, -0.25) is 4.79 Å². The van der Waals surface area contributed by atoms with Crippen LogP contribution in [0.25, 0.3) is 11.4 Å². The summed E-state index contributed by atoms with van der Waals surface area (Å²) < 4.78 is 16.5. The number of hydrogen-bond acceptors (Lipinski definition) is 6. The molecule has 1 aliphatic rings. The number of anilines is 2. The molecule has 2 aromatic heterocycles. The normalized spacial score (nSPS) is 16.1. The zero-order valence-electron chi connectivity index (χ0n) is 18.8. The third kappa shape index (κ3) is 4.34. The summed E-state index contributed by atoms with van der Waals surface area (Å²) in [6.07, 6.45) is 3.74. The number of aryl methyl sites for hydroxylation is 1. The molecule has 0 spiro atoms. The molecule has 1 atom stereocenters. The number of imidazole rings is 1. The Bertz CT molecular complexity index is 1110. The molecule has 1 saturated heterocycles. The molecule has 0 bridgehead atoms. The van der Waals surface area contributed by atoms with Crippen molar-refractivity contribution >= 4 is 17.5 Å². The molecule has 32 heavy (non-hydrogen) atoms. The molecule has 3 aromatic rings. The minimum absolute atomic E-state index is 0.0203. The Hall–Kier alpha value is -3.33. The molecule has 9 heteroatoms. The summed E-state index contributed by atoms with van der Waals surface area (Å²) in [6.45, 7) is 7.38. The highest BCUT2D eigenvalue weighted by atomic mass is 19.1. The van der Waals surface area contributed by atoms with E-state index in [1.807, 2.05) is 37.3 Å². The van der Waals surface area contributed by atoms with Gasteiger partial charge in [0.05, 0.1) is 18.1 Å². The molecule has 0 aliphatic carbocycles. The van der Waals surface area contributed by atoms with E-state index in [4.69, 9.17) is 0 Å². The maximum Gasteiger partial charge on any atom is 0.253 e. The zero-order valence-corrected chi connectivity index (χ0v) is 18.8. The lowest BCUT2D eigenvalue weighted by atomic mass is 10.2. The second-order valence-electron chi connectivity index (χ2n) is 8.27. The largest absolute Gasteiger partial charge is 0.337 e. The topological polar surface area (TPSA) is 88.0 Å². The molecule has 1 aliphatic heterocycles. The first kappa shape index (κ1) is 21.9. The number of benzene rings is 1. The van der Waals surface area contributed by atoms with Crippen molar-refractivity contribution in [3.63, 3.8) is 0 Å². The Morgan fingerprint density at radius 3 is 2.59 bits per heavy atom. The summed E-state index contributed by atoms with van der Waals surface area (Å²) in [7, 11) is 1.92. The van der Waals surface area contributed by atoms with Crippen LogP contribution in [-0.2, 0) is 0 Å². The molecule has 0 saturated carbocycles. The molecule has 2 N–H and O–H groups in total. The first-order chi connectivity index (χ1) is 15.4. The van der Waals surface area contributed by atoms with Crippen LogP contribution in [0.4, 0.5) is 16.0 Å². The van der Waals surface area contributed by atoms with Crippen LogP contribution in [-0.4, -0.2) is 56.5 Å². The molecular weight excluding hydrogens is 409 g/mol. The second kappa shape index (κ2) is 9.04. The van der Waals surface area contributed by atoms with Gasteiger partial charge in [0.1, 0.15) is 11.5 Å². The number of carbonyl (C=O) groups excluding carboxylic acids is 1. The molecule has 8 nitrogen and oxygen atoms in total. The predicted molar refractivity (Wildman–Crippen MR) is 121 cm³/mol. The van der Waals surface area contributed by atoms with Crippen LogP contribution in [0.15, 0.2) is 36.7 Å². The van der Waals surface area contributed by atoms with Crippen LogP contribution >= 0.6 is 0 Å². The lowest BCUT2D eigenvalue weighted by Gasteiger charge is -2.17. The van der Waals surface area contributed by atoms with Crippen molar-refractivity contribution < 1.29 is 9.18 Å². The molecule has 4 rings (SSSR count). The highest BCUT2D eigenvalue weighted by Crippen LogP contribution is 2.26. The van der Waals surface area contributed by atoms with Crippen LogP contribution in [0.2, 0.25) is 0 Å². The molecule has 1 fully saturated rings. The van der Waals surface area contributed by atoms with E-state index in [2.05, 4.69) is 25.6 Å². The first-order valence-corrected chi connectivity index (χ1v) is 10.8. The van der Waals surface area contributed by atoms with Crippen molar-refractivity contribution in [3.8, 4) is 11.4 Å². The third-order valence-corrected chi connectivity index (χ3v) is 5.76. The molecule has 3 heterocycles. The lowest BCUT2D eigenvalue weighted by Crippen LogP contribution is -2.33. The van der Waals surface area contributed by atoms with Crippen LogP contribution in [0.5, 0.6) is 0 Å². The number of rotatable bonds is 6. The van der Waals surface area contributed by atoms with Gasteiger partial charge in [0.2, 0.25) is 5.95 Å². The van der Waals surface area contributed by atoms with E-state index in [9.17, 15) is 9.18 Å². The molecule has 1 amide bonds. The Labute approximate surface area is 186 Å². The molecule has 168 valence electrons. The van der Waals surface area contributed by atoms with Gasteiger partial charge in [-0.05, 0) is 58.5 Å². The monoisotopic (exact) mass is 437 g/mol. The summed E-state index contributed by atoms with van der Waals surface area (Å²) >= 11 is 0. The van der Waals surface area contributed by atoms with E-state index in [1.165, 1.54) is 0 Å². The van der Waals surface area contributed by atoms with E-state index in [-0.39, 0.29) is 23.6 Å². The Balaban J connectivity index is 1.52. The van der Waals surface area contributed by atoms with Crippen molar-refractivity contribution in [2.75, 3.05) is 25.5 Å². The van der Waals surface area contributed by atoms with Crippen LogP contribution in [0.3, 0.4) is 0 Å². The maximum absolute atomic E-state index is 14.5. The zero-order chi connectivity index (χ0) is 22.8. The highest BCUT2D eigenvalue weighted by molar-refractivity contribution is 5.94. The van der Waals surface area contributed by atoms with Gasteiger partial charge in [-0.25, -0.2) is 19.3 Å². The van der Waals surface area contributed by atoms with Crippen molar-refractivity contribution in [1.82, 2.24) is 29.7 Å². The van der Waals surface area contributed by atoms with Crippen LogP contribution in [0.1, 0.15) is 42.5 Å². The average Bonchev–Trinajstić information content (AvgIpc) is 3.42. The second-order valence-corrected chi connectivity index (χ2v) is 8.27. The van der Waals surface area contributed by atoms with Gasteiger partial charge in [0, 0.05) is 36.4 Å². The van der Waals surface area contributed by atoms with Crippen molar-refractivity contribution in [1.29, 1.82) is 0 Å². The minimum Gasteiger partial charge on any atom is -0.337 e. The Morgan fingerprint density at radius 2 is 1.94 bits per heavy atom. The molecular formula is C23H28FN7O. The SMILES string of the molecule is CNC1CCN(C(=O)c2ccc(Nc3ncc(F)c(-c4cnc(C)n4C(C)C)n3)cc2)C1. The quantitative estimate of drug-likeness (QED) is 0.613. The molecule has 1 unspecified atom stereocenters. The number of carbonyl (C=O) groups is 1. The number of hydrogen-bond donors (Lipinski definition) is 2. The predicted octanol–water partition coefficient (Wildman–Crippen LogP) is 3.55. The van der Waals surface area contributed by atoms with Gasteiger partial charge in [0.15, 0.2) is 5.82 Å². The van der Waals surface area contributed by atoms with Crippen molar-refractivity contribution in [2.24, 2.45) is 0 Å². The van der Waals surface area contributed by atoms with Gasteiger partial charge in [0.25, 0.3) is 5.91 Å². The molecule has 1 aromatic carbocycles. The number of nitrogens with zero attached hydrogens (tertiary/aromatic N) is 5. The Kier molecular flexibility index (Phi) is 6.18. The number of aromatic nitrogens is 4. The third-order valence-electron chi connectivity index (χ3n) is 5.76. The smallest absolute Gasteiger partial charge is 0.253 e. The lowest BCUT2D eigenvalue weighted by molar-refractivity contribution is 0.0789. The highest BCUT2D eigenvalue weighted by Gasteiger charge is 2.25. The Morgan fingerprint density at radius 1 is 1.19 bits per heavy atom. The van der Waals surface area contributed by atoms with E-state index in [0.29, 0.717) is 29.5 Å². The summed E-state index contributed by atoms with van der Waals surface area (Å²) in [5, 5.41) is 6.31. The van der Waals surface area contributed by atoms with E-state index < -0.39 is 5.82 Å². The summed E-state index contributed by atoms with van der Waals surface area (Å²) in [4.78, 5) is 27.3.